The van der Waals surface area contributed by atoms with Crippen LogP contribution in [0.1, 0.15) is 29.5 Å². The highest BCUT2D eigenvalue weighted by atomic mass is 16.6. The first kappa shape index (κ1) is 23.0. The molecule has 1 N–H and O–H groups in total. The van der Waals surface area contributed by atoms with E-state index in [-0.39, 0.29) is 18.9 Å². The van der Waals surface area contributed by atoms with E-state index in [4.69, 9.17) is 9.47 Å². The normalized spacial score (nSPS) is 12.9. The smallest absolute Gasteiger partial charge is 0.410 e. The number of fused-ring (bicyclic) bond motifs is 3. The molecular formula is C27H25NO6. The van der Waals surface area contributed by atoms with Gasteiger partial charge in [-0.1, -0.05) is 60.7 Å². The van der Waals surface area contributed by atoms with Gasteiger partial charge in [0.1, 0.15) is 18.4 Å². The van der Waals surface area contributed by atoms with Crippen molar-refractivity contribution in [1.82, 2.24) is 4.90 Å². The van der Waals surface area contributed by atoms with Crippen molar-refractivity contribution in [3.8, 4) is 16.9 Å². The minimum Gasteiger partial charge on any atom is -0.480 e. The molecule has 174 valence electrons. The highest BCUT2D eigenvalue weighted by Crippen LogP contribution is 2.44. The van der Waals surface area contributed by atoms with Crippen LogP contribution in [0.3, 0.4) is 0 Å². The number of benzene rings is 3. The van der Waals surface area contributed by atoms with Crippen LogP contribution in [0.2, 0.25) is 0 Å². The van der Waals surface area contributed by atoms with Gasteiger partial charge in [-0.3, -0.25) is 9.69 Å². The summed E-state index contributed by atoms with van der Waals surface area (Å²) >= 11 is 0. The lowest BCUT2D eigenvalue weighted by Crippen LogP contribution is -2.44. The Balaban J connectivity index is 1.44. The van der Waals surface area contributed by atoms with E-state index in [1.807, 2.05) is 36.4 Å². The Kier molecular flexibility index (Phi) is 6.63. The number of rotatable bonds is 7. The van der Waals surface area contributed by atoms with Crippen LogP contribution in [0, 0.1) is 0 Å². The summed E-state index contributed by atoms with van der Waals surface area (Å²) in [6, 6.07) is 21.4. The molecule has 1 aliphatic rings. The Bertz CT molecular complexity index is 1170. The molecule has 0 saturated heterocycles. The number of hydrogen-bond acceptors (Lipinski definition) is 5. The van der Waals surface area contributed by atoms with Gasteiger partial charge in [-0.2, -0.15) is 0 Å². The average molecular weight is 459 g/mol. The molecule has 7 heteroatoms. The first-order valence-electron chi connectivity index (χ1n) is 10.9. The van der Waals surface area contributed by atoms with Gasteiger partial charge < -0.3 is 14.6 Å². The number of carbonyl (C=O) groups is 3. The Hall–Kier alpha value is -4.13. The van der Waals surface area contributed by atoms with Crippen LogP contribution in [0.4, 0.5) is 4.79 Å². The van der Waals surface area contributed by atoms with E-state index >= 15 is 0 Å². The van der Waals surface area contributed by atoms with Gasteiger partial charge in [-0.05, 0) is 39.9 Å². The predicted octanol–water partition coefficient (Wildman–Crippen LogP) is 4.49. The summed E-state index contributed by atoms with van der Waals surface area (Å²) in [7, 11) is 1.42. The second kappa shape index (κ2) is 9.79. The Morgan fingerprint density at radius 1 is 0.912 bits per heavy atom. The number of hydrogen-bond donors (Lipinski definition) is 1. The molecule has 0 radical (unpaired) electrons. The van der Waals surface area contributed by atoms with Crippen molar-refractivity contribution in [3.05, 3.63) is 89.5 Å². The highest BCUT2D eigenvalue weighted by molar-refractivity contribution is 5.81. The molecule has 0 heterocycles. The fourth-order valence-corrected chi connectivity index (χ4v) is 4.30. The SMILES string of the molecule is CC(=O)Oc1ccc(C[C@@H](C(=O)O)N(C)C(=O)OCC2c3ccccc3-c3ccccc32)cc1. The van der Waals surface area contributed by atoms with E-state index in [1.54, 1.807) is 24.3 Å². The zero-order valence-electron chi connectivity index (χ0n) is 18.9. The Morgan fingerprint density at radius 2 is 1.47 bits per heavy atom. The number of esters is 1. The molecule has 7 nitrogen and oxygen atoms in total. The summed E-state index contributed by atoms with van der Waals surface area (Å²) in [6.07, 6.45) is -0.623. The van der Waals surface area contributed by atoms with Crippen LogP contribution in [-0.4, -0.2) is 47.7 Å². The third-order valence-corrected chi connectivity index (χ3v) is 5.99. The maximum atomic E-state index is 12.8. The van der Waals surface area contributed by atoms with Gasteiger partial charge in [0.05, 0.1) is 0 Å². The maximum absolute atomic E-state index is 12.8. The molecule has 0 spiro atoms. The molecule has 0 aliphatic heterocycles. The molecule has 1 atom stereocenters. The van der Waals surface area contributed by atoms with E-state index in [0.29, 0.717) is 11.3 Å². The van der Waals surface area contributed by atoms with Gasteiger partial charge in [-0.25, -0.2) is 9.59 Å². The van der Waals surface area contributed by atoms with Crippen LogP contribution in [0.5, 0.6) is 5.75 Å². The van der Waals surface area contributed by atoms with Crippen molar-refractivity contribution in [1.29, 1.82) is 0 Å². The number of carboxylic acid groups (broad SMARTS) is 1. The van der Waals surface area contributed by atoms with Gasteiger partial charge in [-0.15, -0.1) is 0 Å². The number of nitrogens with zero attached hydrogens (tertiary/aromatic N) is 1. The van der Waals surface area contributed by atoms with Crippen LogP contribution in [0.25, 0.3) is 11.1 Å². The van der Waals surface area contributed by atoms with Gasteiger partial charge in [0.2, 0.25) is 0 Å². The fraction of sp³-hybridized carbons (Fsp3) is 0.222. The third-order valence-electron chi connectivity index (χ3n) is 5.99. The fourth-order valence-electron chi connectivity index (χ4n) is 4.30. The molecule has 1 aliphatic carbocycles. The van der Waals surface area contributed by atoms with Crippen LogP contribution < -0.4 is 4.74 Å². The zero-order valence-corrected chi connectivity index (χ0v) is 18.9. The molecule has 0 fully saturated rings. The van der Waals surface area contributed by atoms with Crippen LogP contribution >= 0.6 is 0 Å². The molecule has 3 aromatic rings. The van der Waals surface area contributed by atoms with Gasteiger partial charge in [0.25, 0.3) is 0 Å². The van der Waals surface area contributed by atoms with E-state index < -0.39 is 24.1 Å². The molecule has 0 saturated carbocycles. The van der Waals surface area contributed by atoms with Gasteiger partial charge >= 0.3 is 18.0 Å². The van der Waals surface area contributed by atoms with E-state index in [0.717, 1.165) is 27.2 Å². The Morgan fingerprint density at radius 3 is 2.00 bits per heavy atom. The maximum Gasteiger partial charge on any atom is 0.410 e. The quantitative estimate of drug-likeness (QED) is 0.413. The first-order chi connectivity index (χ1) is 16.3. The molecule has 4 rings (SSSR count). The van der Waals surface area contributed by atoms with E-state index in [1.165, 1.54) is 14.0 Å². The highest BCUT2D eigenvalue weighted by Gasteiger charge is 2.32. The molecule has 1 amide bonds. The van der Waals surface area contributed by atoms with Crippen LogP contribution in [-0.2, 0) is 20.7 Å². The Labute approximate surface area is 197 Å². The number of aliphatic carboxylic acids is 1. The zero-order chi connectivity index (χ0) is 24.2. The summed E-state index contributed by atoms with van der Waals surface area (Å²) in [5, 5.41) is 9.75. The molecular weight excluding hydrogens is 434 g/mol. The summed E-state index contributed by atoms with van der Waals surface area (Å²) in [4.78, 5) is 36.9. The monoisotopic (exact) mass is 459 g/mol. The lowest BCUT2D eigenvalue weighted by atomic mass is 9.98. The number of carbonyl (C=O) groups excluding carboxylic acids is 2. The van der Waals surface area contributed by atoms with Gasteiger partial charge in [0.15, 0.2) is 0 Å². The van der Waals surface area contributed by atoms with Crippen molar-refractivity contribution in [2.75, 3.05) is 13.7 Å². The predicted molar refractivity (Wildman–Crippen MR) is 126 cm³/mol. The summed E-state index contributed by atoms with van der Waals surface area (Å²) in [5.74, 6) is -1.32. The summed E-state index contributed by atoms with van der Waals surface area (Å²) in [6.45, 7) is 1.42. The van der Waals surface area contributed by atoms with Crippen molar-refractivity contribution >= 4 is 18.0 Å². The number of likely N-dealkylation sites (N-methyl/N-ethyl adjacent to an activating group) is 1. The lowest BCUT2D eigenvalue weighted by Gasteiger charge is -2.25. The van der Waals surface area contributed by atoms with Crippen molar-refractivity contribution in [3.63, 3.8) is 0 Å². The van der Waals surface area contributed by atoms with Crippen molar-refractivity contribution < 1.29 is 29.0 Å². The molecule has 0 aromatic heterocycles. The molecule has 3 aromatic carbocycles. The van der Waals surface area contributed by atoms with Crippen LogP contribution in [0.15, 0.2) is 72.8 Å². The number of amides is 1. The topological polar surface area (TPSA) is 93.1 Å². The summed E-state index contributed by atoms with van der Waals surface area (Å²) in [5.41, 5.74) is 5.09. The van der Waals surface area contributed by atoms with E-state index in [2.05, 4.69) is 12.1 Å². The largest absolute Gasteiger partial charge is 0.480 e. The standard InChI is InChI=1S/C27H25NO6/c1-17(29)34-19-13-11-18(12-14-19)15-25(26(30)31)28(2)27(32)33-16-24-22-9-5-3-7-20(22)21-8-4-6-10-23(21)24/h3-14,24-25H,15-16H2,1-2H3,(H,30,31)/t25-/m0/s1. The summed E-state index contributed by atoms with van der Waals surface area (Å²) < 4.78 is 10.6. The number of carboxylic acids is 1. The lowest BCUT2D eigenvalue weighted by molar-refractivity contribution is -0.142. The molecule has 34 heavy (non-hydrogen) atoms. The third kappa shape index (κ3) is 4.78. The second-order valence-electron chi connectivity index (χ2n) is 8.21. The van der Waals surface area contributed by atoms with Crippen molar-refractivity contribution in [2.24, 2.45) is 0 Å². The van der Waals surface area contributed by atoms with Gasteiger partial charge in [0, 0.05) is 26.3 Å². The first-order valence-corrected chi connectivity index (χ1v) is 10.9. The molecule has 0 unspecified atom stereocenters. The number of ether oxygens (including phenoxy) is 2. The average Bonchev–Trinajstić information content (AvgIpc) is 3.15. The minimum atomic E-state index is -1.14. The second-order valence-corrected chi connectivity index (χ2v) is 8.21. The minimum absolute atomic E-state index is 0.0797. The van der Waals surface area contributed by atoms with Crippen molar-refractivity contribution in [2.45, 2.75) is 25.3 Å². The molecule has 0 bridgehead atoms. The van der Waals surface area contributed by atoms with E-state index in [9.17, 15) is 19.5 Å².